The van der Waals surface area contributed by atoms with E-state index in [1.165, 1.54) is 31.4 Å². The van der Waals surface area contributed by atoms with Crippen LogP contribution in [0.1, 0.15) is 15.9 Å². The largest absolute Gasteiger partial charge is 0.493 e. The molecule has 0 atom stereocenters. The molecule has 2 aromatic rings. The van der Waals surface area contributed by atoms with E-state index in [1.807, 2.05) is 4.90 Å². The number of ether oxygens (including phenoxy) is 3. The second kappa shape index (κ2) is 9.17. The molecule has 0 amide bonds. The summed E-state index contributed by atoms with van der Waals surface area (Å²) < 4.78 is 16.0. The Balaban J connectivity index is 1.89. The summed E-state index contributed by atoms with van der Waals surface area (Å²) in [6.07, 6.45) is 0. The zero-order valence-corrected chi connectivity index (χ0v) is 17.0. The third-order valence-corrected chi connectivity index (χ3v) is 5.06. The number of halogens is 1. The molecule has 1 aliphatic heterocycles. The summed E-state index contributed by atoms with van der Waals surface area (Å²) in [5.74, 6) is -0.762. The molecule has 152 valence electrons. The van der Waals surface area contributed by atoms with Crippen molar-refractivity contribution in [3.05, 3.63) is 62.7 Å². The minimum absolute atomic E-state index is 0.0363. The number of nitrogens with zero attached hydrogens (tertiary/aromatic N) is 2. The molecule has 0 unspecified atom stereocenters. The van der Waals surface area contributed by atoms with Gasteiger partial charge in [-0.3, -0.25) is 10.1 Å². The fraction of sp³-hybridized carbons (Fsp3) is 0.263. The second-order valence-electron chi connectivity index (χ2n) is 6.06. The Bertz CT molecular complexity index is 962. The first kappa shape index (κ1) is 21.0. The first-order valence-electron chi connectivity index (χ1n) is 8.62. The maximum Gasteiger partial charge on any atom is 0.350 e. The van der Waals surface area contributed by atoms with E-state index in [1.54, 1.807) is 12.1 Å². The van der Waals surface area contributed by atoms with Gasteiger partial charge < -0.3 is 19.1 Å². The molecule has 0 aromatic heterocycles. The summed E-state index contributed by atoms with van der Waals surface area (Å²) in [4.78, 5) is 25.6. The van der Waals surface area contributed by atoms with Crippen LogP contribution in [-0.4, -0.2) is 54.2 Å². The van der Waals surface area contributed by atoms with Crippen molar-refractivity contribution in [2.24, 2.45) is 0 Å². The molecule has 3 rings (SSSR count). The number of nitro benzene ring substituents is 1. The van der Waals surface area contributed by atoms with Crippen LogP contribution in [0.25, 0.3) is 0 Å². The number of carbonyl (C=O) groups is 1. The van der Waals surface area contributed by atoms with Gasteiger partial charge in [-0.2, -0.15) is 0 Å². The van der Waals surface area contributed by atoms with Crippen molar-refractivity contribution in [1.29, 1.82) is 0 Å². The fourth-order valence-electron chi connectivity index (χ4n) is 2.84. The molecule has 1 aliphatic rings. The molecule has 2 aromatic carbocycles. The van der Waals surface area contributed by atoms with Crippen molar-refractivity contribution in [1.82, 2.24) is 4.90 Å². The summed E-state index contributed by atoms with van der Waals surface area (Å²) in [6.45, 7) is 2.48. The smallest absolute Gasteiger partial charge is 0.350 e. The highest BCUT2D eigenvalue weighted by atomic mass is 35.5. The minimum atomic E-state index is -0.916. The normalized spacial score (nSPS) is 13.7. The maximum atomic E-state index is 12.5. The molecule has 0 saturated carbocycles. The Morgan fingerprint density at radius 3 is 2.62 bits per heavy atom. The van der Waals surface area contributed by atoms with Gasteiger partial charge in [0.2, 0.25) is 0 Å². The first-order chi connectivity index (χ1) is 13.9. The SMILES string of the molecule is COc1cc(C(=S)N2CCOCC2)cc(Cl)c1OC(=O)c1ccccc1[N+](=O)[O-]. The van der Waals surface area contributed by atoms with E-state index >= 15 is 0 Å². The number of para-hydroxylation sites is 1. The second-order valence-corrected chi connectivity index (χ2v) is 6.85. The number of hydrogen-bond acceptors (Lipinski definition) is 7. The molecule has 0 bridgehead atoms. The Kier molecular flexibility index (Phi) is 6.63. The average Bonchev–Trinajstić information content (AvgIpc) is 2.74. The van der Waals surface area contributed by atoms with Gasteiger partial charge in [0.1, 0.15) is 10.6 Å². The molecular weight excluding hydrogens is 420 g/mol. The Morgan fingerprint density at radius 1 is 1.28 bits per heavy atom. The number of morpholine rings is 1. The van der Waals surface area contributed by atoms with Gasteiger partial charge in [0.05, 0.1) is 30.3 Å². The van der Waals surface area contributed by atoms with Crippen molar-refractivity contribution in [2.45, 2.75) is 0 Å². The van der Waals surface area contributed by atoms with E-state index in [0.717, 1.165) is 0 Å². The van der Waals surface area contributed by atoms with E-state index < -0.39 is 10.9 Å². The standard InChI is InChI=1S/C19H17ClN2O6S/c1-26-16-11-12(18(29)21-6-8-27-9-7-21)10-14(20)17(16)28-19(23)13-4-2-3-5-15(13)22(24)25/h2-5,10-11H,6-9H2,1H3. The van der Waals surface area contributed by atoms with Gasteiger partial charge in [-0.25, -0.2) is 4.79 Å². The number of benzene rings is 2. The number of carbonyl (C=O) groups excluding carboxylic acids is 1. The zero-order valence-electron chi connectivity index (χ0n) is 15.4. The van der Waals surface area contributed by atoms with Crippen molar-refractivity contribution >= 4 is 40.5 Å². The summed E-state index contributed by atoms with van der Waals surface area (Å²) in [5.41, 5.74) is 0.0791. The maximum absolute atomic E-state index is 12.5. The molecule has 0 radical (unpaired) electrons. The first-order valence-corrected chi connectivity index (χ1v) is 9.41. The number of rotatable bonds is 5. The van der Waals surface area contributed by atoms with Gasteiger partial charge in [0, 0.05) is 24.7 Å². The highest BCUT2D eigenvalue weighted by Gasteiger charge is 2.25. The molecule has 0 N–H and O–H groups in total. The predicted molar refractivity (Wildman–Crippen MR) is 110 cm³/mol. The van der Waals surface area contributed by atoms with Crippen molar-refractivity contribution in [3.8, 4) is 11.5 Å². The third-order valence-electron chi connectivity index (χ3n) is 4.29. The molecule has 1 fully saturated rings. The third kappa shape index (κ3) is 4.64. The lowest BCUT2D eigenvalue weighted by Crippen LogP contribution is -2.40. The van der Waals surface area contributed by atoms with E-state index in [2.05, 4.69) is 0 Å². The van der Waals surface area contributed by atoms with Gasteiger partial charge in [0.15, 0.2) is 11.5 Å². The van der Waals surface area contributed by atoms with E-state index in [4.69, 9.17) is 38.0 Å². The van der Waals surface area contributed by atoms with Gasteiger partial charge >= 0.3 is 5.97 Å². The predicted octanol–water partition coefficient (Wildman–Crippen LogP) is 3.48. The molecule has 8 nitrogen and oxygen atoms in total. The Hall–Kier alpha value is -2.75. The summed E-state index contributed by atoms with van der Waals surface area (Å²) in [5, 5.41) is 11.3. The lowest BCUT2D eigenvalue weighted by Gasteiger charge is -2.29. The number of hydrogen-bond donors (Lipinski definition) is 0. The highest BCUT2D eigenvalue weighted by Crippen LogP contribution is 2.38. The molecule has 29 heavy (non-hydrogen) atoms. The van der Waals surface area contributed by atoms with E-state index in [9.17, 15) is 14.9 Å². The number of nitro groups is 1. The average molecular weight is 437 g/mol. The van der Waals surface area contributed by atoms with Crippen LogP contribution in [0.4, 0.5) is 5.69 Å². The van der Waals surface area contributed by atoms with Crippen LogP contribution < -0.4 is 9.47 Å². The molecule has 0 spiro atoms. The zero-order chi connectivity index (χ0) is 21.0. The van der Waals surface area contributed by atoms with Crippen molar-refractivity contribution in [2.75, 3.05) is 33.4 Å². The van der Waals surface area contributed by atoms with E-state index in [-0.39, 0.29) is 27.8 Å². The summed E-state index contributed by atoms with van der Waals surface area (Å²) >= 11 is 11.9. The van der Waals surface area contributed by atoms with Crippen LogP contribution in [-0.2, 0) is 4.74 Å². The highest BCUT2D eigenvalue weighted by molar-refractivity contribution is 7.80. The minimum Gasteiger partial charge on any atom is -0.493 e. The Labute approximate surface area is 177 Å². The molecule has 1 heterocycles. The fourth-order valence-corrected chi connectivity index (χ4v) is 3.39. The quantitative estimate of drug-likeness (QED) is 0.231. The number of methoxy groups -OCH3 is 1. The van der Waals surface area contributed by atoms with Crippen molar-refractivity contribution in [3.63, 3.8) is 0 Å². The summed E-state index contributed by atoms with van der Waals surface area (Å²) in [7, 11) is 1.40. The monoisotopic (exact) mass is 436 g/mol. The molecular formula is C19H17ClN2O6S. The van der Waals surface area contributed by atoms with Crippen LogP contribution in [0.2, 0.25) is 5.02 Å². The van der Waals surface area contributed by atoms with Crippen LogP contribution in [0.3, 0.4) is 0 Å². The van der Waals surface area contributed by atoms with Crippen LogP contribution >= 0.6 is 23.8 Å². The summed E-state index contributed by atoms with van der Waals surface area (Å²) in [6, 6.07) is 8.69. The van der Waals surface area contributed by atoms with Crippen molar-refractivity contribution < 1.29 is 23.9 Å². The van der Waals surface area contributed by atoms with Gasteiger partial charge in [-0.1, -0.05) is 36.0 Å². The topological polar surface area (TPSA) is 91.1 Å². The van der Waals surface area contributed by atoms with Gasteiger partial charge in [-0.15, -0.1) is 0 Å². The van der Waals surface area contributed by atoms with Gasteiger partial charge in [0.25, 0.3) is 5.69 Å². The number of thiocarbonyl (C=S) groups is 1. The van der Waals surface area contributed by atoms with Crippen LogP contribution in [0.15, 0.2) is 36.4 Å². The van der Waals surface area contributed by atoms with E-state index in [0.29, 0.717) is 36.9 Å². The lowest BCUT2D eigenvalue weighted by molar-refractivity contribution is -0.385. The number of esters is 1. The van der Waals surface area contributed by atoms with Crippen LogP contribution in [0.5, 0.6) is 11.5 Å². The Morgan fingerprint density at radius 2 is 1.97 bits per heavy atom. The molecule has 0 aliphatic carbocycles. The molecule has 1 saturated heterocycles. The molecule has 10 heteroatoms. The van der Waals surface area contributed by atoms with Gasteiger partial charge in [-0.05, 0) is 18.2 Å². The van der Waals surface area contributed by atoms with Crippen LogP contribution in [0, 0.1) is 10.1 Å². The lowest BCUT2D eigenvalue weighted by atomic mass is 10.1.